The van der Waals surface area contributed by atoms with E-state index in [1.807, 2.05) is 24.3 Å². The first-order chi connectivity index (χ1) is 9.60. The number of carbonyl (C=O) groups is 1. The molecule has 1 fully saturated rings. The van der Waals surface area contributed by atoms with Crippen molar-refractivity contribution >= 4 is 11.6 Å². The highest BCUT2D eigenvalue weighted by Crippen LogP contribution is 2.24. The fourth-order valence-electron chi connectivity index (χ4n) is 2.68. The molecule has 0 heterocycles. The Bertz CT molecular complexity index is 452. The van der Waals surface area contributed by atoms with Gasteiger partial charge < -0.3 is 15.0 Å². The van der Waals surface area contributed by atoms with Crippen LogP contribution in [0.1, 0.15) is 36.0 Å². The van der Waals surface area contributed by atoms with E-state index in [4.69, 9.17) is 4.74 Å². The molecule has 0 spiro atoms. The summed E-state index contributed by atoms with van der Waals surface area (Å²) in [4.78, 5) is 13.6. The average molecular weight is 276 g/mol. The summed E-state index contributed by atoms with van der Waals surface area (Å²) in [5.74, 6) is 0.0386. The number of hydrogen-bond acceptors (Lipinski definition) is 3. The van der Waals surface area contributed by atoms with Crippen LogP contribution in [0.15, 0.2) is 24.3 Å². The first-order valence-electron chi connectivity index (χ1n) is 7.21. The minimum absolute atomic E-state index is 0.0386. The van der Waals surface area contributed by atoms with Gasteiger partial charge in [0.2, 0.25) is 0 Å². The van der Waals surface area contributed by atoms with Gasteiger partial charge in [-0.2, -0.15) is 0 Å². The first kappa shape index (κ1) is 14.9. The third-order valence-corrected chi connectivity index (χ3v) is 3.89. The van der Waals surface area contributed by atoms with E-state index in [1.54, 1.807) is 26.1 Å². The van der Waals surface area contributed by atoms with E-state index in [1.165, 1.54) is 0 Å². The Labute approximate surface area is 121 Å². The van der Waals surface area contributed by atoms with Gasteiger partial charge in [0.25, 0.3) is 5.91 Å². The number of hydrogen-bond donors (Lipinski definition) is 1. The maximum absolute atomic E-state index is 12.0. The van der Waals surface area contributed by atoms with Crippen LogP contribution in [0.3, 0.4) is 0 Å². The number of benzene rings is 1. The number of methoxy groups -OCH3 is 1. The standard InChI is InChI=1S/C16H24N2O2/c1-18(2)16(19)12-5-4-6-14(11-12)17-13-7-9-15(20-3)10-8-13/h4-6,11,13,15,17H,7-10H2,1-3H3. The molecule has 4 heteroatoms. The molecule has 1 N–H and O–H groups in total. The van der Waals surface area contributed by atoms with Crippen molar-refractivity contribution in [1.82, 2.24) is 4.90 Å². The molecule has 20 heavy (non-hydrogen) atoms. The molecular weight excluding hydrogens is 252 g/mol. The number of rotatable bonds is 4. The van der Waals surface area contributed by atoms with Crippen molar-refractivity contribution in [3.05, 3.63) is 29.8 Å². The summed E-state index contributed by atoms with van der Waals surface area (Å²) in [6.07, 6.45) is 4.85. The van der Waals surface area contributed by atoms with E-state index in [0.717, 1.165) is 36.9 Å². The van der Waals surface area contributed by atoms with Crippen LogP contribution in [0.5, 0.6) is 0 Å². The van der Waals surface area contributed by atoms with Gasteiger partial charge in [0.15, 0.2) is 0 Å². The van der Waals surface area contributed by atoms with Gasteiger partial charge in [0.05, 0.1) is 6.10 Å². The van der Waals surface area contributed by atoms with E-state index in [-0.39, 0.29) is 5.91 Å². The normalized spacial score (nSPS) is 22.4. The lowest BCUT2D eigenvalue weighted by atomic mass is 9.93. The number of nitrogens with one attached hydrogen (secondary N) is 1. The number of anilines is 1. The Kier molecular flexibility index (Phi) is 5.01. The molecule has 0 atom stereocenters. The molecule has 2 rings (SSSR count). The second kappa shape index (κ2) is 6.75. The van der Waals surface area contributed by atoms with Crippen LogP contribution >= 0.6 is 0 Å². The van der Waals surface area contributed by atoms with Crippen LogP contribution in [0.4, 0.5) is 5.69 Å². The van der Waals surface area contributed by atoms with Crippen LogP contribution in [0, 0.1) is 0 Å². The van der Waals surface area contributed by atoms with Crippen LogP contribution < -0.4 is 5.32 Å². The van der Waals surface area contributed by atoms with Gasteiger partial charge in [-0.15, -0.1) is 0 Å². The summed E-state index contributed by atoms with van der Waals surface area (Å²) in [5.41, 5.74) is 1.75. The molecule has 1 saturated carbocycles. The topological polar surface area (TPSA) is 41.6 Å². The third kappa shape index (κ3) is 3.73. The second-order valence-corrected chi connectivity index (χ2v) is 5.63. The Balaban J connectivity index is 1.97. The van der Waals surface area contributed by atoms with Gasteiger partial charge in [-0.3, -0.25) is 4.79 Å². The lowest BCUT2D eigenvalue weighted by Crippen LogP contribution is -2.29. The zero-order valence-corrected chi connectivity index (χ0v) is 12.6. The maximum atomic E-state index is 12.0. The molecule has 0 bridgehead atoms. The number of ether oxygens (including phenoxy) is 1. The highest BCUT2D eigenvalue weighted by atomic mass is 16.5. The molecule has 0 unspecified atom stereocenters. The van der Waals surface area contributed by atoms with E-state index >= 15 is 0 Å². The van der Waals surface area contributed by atoms with Crippen molar-refractivity contribution in [1.29, 1.82) is 0 Å². The van der Waals surface area contributed by atoms with E-state index in [0.29, 0.717) is 12.1 Å². The quantitative estimate of drug-likeness (QED) is 0.919. The molecule has 0 aromatic heterocycles. The molecule has 0 aliphatic heterocycles. The smallest absolute Gasteiger partial charge is 0.253 e. The Morgan fingerprint density at radius 1 is 1.25 bits per heavy atom. The van der Waals surface area contributed by atoms with Gasteiger partial charge >= 0.3 is 0 Å². The molecule has 1 aromatic carbocycles. The van der Waals surface area contributed by atoms with Crippen LogP contribution in [0.2, 0.25) is 0 Å². The Morgan fingerprint density at radius 3 is 2.55 bits per heavy atom. The fourth-order valence-corrected chi connectivity index (χ4v) is 2.68. The SMILES string of the molecule is COC1CCC(Nc2cccc(C(=O)N(C)C)c2)CC1. The molecule has 1 aliphatic rings. The van der Waals surface area contributed by atoms with Gasteiger partial charge in [-0.05, 0) is 43.9 Å². The fraction of sp³-hybridized carbons (Fsp3) is 0.562. The molecule has 1 amide bonds. The predicted molar refractivity (Wildman–Crippen MR) is 81.1 cm³/mol. The van der Waals surface area contributed by atoms with Gasteiger partial charge in [0, 0.05) is 38.5 Å². The molecule has 4 nitrogen and oxygen atoms in total. The van der Waals surface area contributed by atoms with E-state index in [2.05, 4.69) is 5.32 Å². The summed E-state index contributed by atoms with van der Waals surface area (Å²) in [5, 5.41) is 3.53. The van der Waals surface area contributed by atoms with Gasteiger partial charge in [-0.25, -0.2) is 0 Å². The molecule has 0 saturated heterocycles. The van der Waals surface area contributed by atoms with Crippen molar-refractivity contribution < 1.29 is 9.53 Å². The highest BCUT2D eigenvalue weighted by Gasteiger charge is 2.20. The summed E-state index contributed by atoms with van der Waals surface area (Å²) >= 11 is 0. The van der Waals surface area contributed by atoms with Crippen LogP contribution in [0.25, 0.3) is 0 Å². The molecule has 110 valence electrons. The second-order valence-electron chi connectivity index (χ2n) is 5.63. The lowest BCUT2D eigenvalue weighted by Gasteiger charge is -2.29. The Morgan fingerprint density at radius 2 is 1.95 bits per heavy atom. The first-order valence-corrected chi connectivity index (χ1v) is 7.21. The molecular formula is C16H24N2O2. The molecule has 1 aliphatic carbocycles. The largest absolute Gasteiger partial charge is 0.382 e. The van der Waals surface area contributed by atoms with Gasteiger partial charge in [0.1, 0.15) is 0 Å². The predicted octanol–water partition coefficient (Wildman–Crippen LogP) is 2.76. The molecule has 1 aromatic rings. The minimum atomic E-state index is 0.0386. The summed E-state index contributed by atoms with van der Waals surface area (Å²) in [6, 6.07) is 8.22. The summed E-state index contributed by atoms with van der Waals surface area (Å²) in [7, 11) is 5.33. The lowest BCUT2D eigenvalue weighted by molar-refractivity contribution is 0.0682. The summed E-state index contributed by atoms with van der Waals surface area (Å²) in [6.45, 7) is 0. The third-order valence-electron chi connectivity index (χ3n) is 3.89. The maximum Gasteiger partial charge on any atom is 0.253 e. The summed E-state index contributed by atoms with van der Waals surface area (Å²) < 4.78 is 5.39. The number of nitrogens with zero attached hydrogens (tertiary/aromatic N) is 1. The highest BCUT2D eigenvalue weighted by molar-refractivity contribution is 5.94. The molecule has 0 radical (unpaired) electrons. The van der Waals surface area contributed by atoms with E-state index in [9.17, 15) is 4.79 Å². The number of amides is 1. The number of carbonyl (C=O) groups excluding carboxylic acids is 1. The zero-order valence-electron chi connectivity index (χ0n) is 12.6. The van der Waals surface area contributed by atoms with Crippen molar-refractivity contribution in [3.63, 3.8) is 0 Å². The minimum Gasteiger partial charge on any atom is -0.382 e. The van der Waals surface area contributed by atoms with Crippen molar-refractivity contribution in [2.75, 3.05) is 26.5 Å². The van der Waals surface area contributed by atoms with Gasteiger partial charge in [-0.1, -0.05) is 6.07 Å². The average Bonchev–Trinajstić information content (AvgIpc) is 2.47. The zero-order chi connectivity index (χ0) is 14.5. The Hall–Kier alpha value is -1.55. The van der Waals surface area contributed by atoms with Crippen molar-refractivity contribution in [3.8, 4) is 0 Å². The van der Waals surface area contributed by atoms with Crippen LogP contribution in [-0.4, -0.2) is 44.2 Å². The van der Waals surface area contributed by atoms with Crippen LogP contribution in [-0.2, 0) is 4.74 Å². The van der Waals surface area contributed by atoms with E-state index < -0.39 is 0 Å². The monoisotopic (exact) mass is 276 g/mol. The van der Waals surface area contributed by atoms with Crippen molar-refractivity contribution in [2.45, 2.75) is 37.8 Å². The van der Waals surface area contributed by atoms with Crippen molar-refractivity contribution in [2.24, 2.45) is 0 Å².